The summed E-state index contributed by atoms with van der Waals surface area (Å²) in [6, 6.07) is -0.0622. The maximum absolute atomic E-state index is 12.1. The first kappa shape index (κ1) is 15.1. The highest BCUT2D eigenvalue weighted by Crippen LogP contribution is 2.12. The summed E-state index contributed by atoms with van der Waals surface area (Å²) in [6.07, 6.45) is 3.61. The molecule has 0 bridgehead atoms. The van der Waals surface area contributed by atoms with Crippen LogP contribution in [0, 0.1) is 5.92 Å². The molecule has 1 aromatic rings. The van der Waals surface area contributed by atoms with Crippen LogP contribution in [0.5, 0.6) is 0 Å². The molecule has 1 atom stereocenters. The molecule has 18 heavy (non-hydrogen) atoms. The van der Waals surface area contributed by atoms with Crippen molar-refractivity contribution in [3.05, 3.63) is 12.4 Å². The zero-order chi connectivity index (χ0) is 13.8. The Bertz CT molecular complexity index is 467. The zero-order valence-corrected chi connectivity index (χ0v) is 11.9. The van der Waals surface area contributed by atoms with E-state index >= 15 is 0 Å². The Hall–Kier alpha value is -0.920. The Morgan fingerprint density at radius 2 is 2.17 bits per heavy atom. The summed E-state index contributed by atoms with van der Waals surface area (Å²) in [5.74, 6) is 0.254. The number of rotatable bonds is 7. The third-order valence-electron chi connectivity index (χ3n) is 2.83. The minimum atomic E-state index is -3.49. The van der Waals surface area contributed by atoms with E-state index in [-0.39, 0.29) is 16.9 Å². The molecule has 0 fully saturated rings. The van der Waals surface area contributed by atoms with Gasteiger partial charge in [-0.2, -0.15) is 5.10 Å². The molecule has 1 unspecified atom stereocenters. The van der Waals surface area contributed by atoms with Crippen LogP contribution in [0.25, 0.3) is 0 Å². The highest BCUT2D eigenvalue weighted by atomic mass is 32.2. The van der Waals surface area contributed by atoms with E-state index < -0.39 is 10.0 Å². The largest absolute Gasteiger partial charge is 0.329 e. The number of nitrogens with two attached hydrogens (primary N) is 1. The second kappa shape index (κ2) is 6.31. The Morgan fingerprint density at radius 1 is 1.50 bits per heavy atom. The van der Waals surface area contributed by atoms with Crippen molar-refractivity contribution in [3.8, 4) is 0 Å². The number of nitrogens with one attached hydrogen (secondary N) is 1. The summed E-state index contributed by atoms with van der Waals surface area (Å²) in [5, 5.41) is 3.97. The average Bonchev–Trinajstić information content (AvgIpc) is 2.75. The molecule has 0 aromatic carbocycles. The predicted octanol–water partition coefficient (Wildman–Crippen LogP) is 0.555. The van der Waals surface area contributed by atoms with Crippen molar-refractivity contribution in [2.45, 2.75) is 44.7 Å². The standard InChI is InChI=1S/C11H22N4O2S/c1-4-11(9(2)3)14-18(16,17)10-7-13-15(8-10)6-5-12/h7-9,11,14H,4-6,12H2,1-3H3. The van der Waals surface area contributed by atoms with Gasteiger partial charge in [-0.1, -0.05) is 20.8 Å². The minimum Gasteiger partial charge on any atom is -0.329 e. The minimum absolute atomic E-state index is 0.0622. The van der Waals surface area contributed by atoms with Gasteiger partial charge < -0.3 is 5.73 Å². The third-order valence-corrected chi connectivity index (χ3v) is 4.27. The van der Waals surface area contributed by atoms with Gasteiger partial charge in [0.1, 0.15) is 4.90 Å². The Kier molecular flexibility index (Phi) is 5.30. The van der Waals surface area contributed by atoms with Crippen LogP contribution in [0.15, 0.2) is 17.3 Å². The van der Waals surface area contributed by atoms with Gasteiger partial charge in [0.2, 0.25) is 10.0 Å². The summed E-state index contributed by atoms with van der Waals surface area (Å²) in [6.45, 7) is 6.89. The van der Waals surface area contributed by atoms with Gasteiger partial charge in [-0.25, -0.2) is 13.1 Å². The van der Waals surface area contributed by atoms with E-state index in [0.29, 0.717) is 13.1 Å². The lowest BCUT2D eigenvalue weighted by atomic mass is 10.0. The highest BCUT2D eigenvalue weighted by Gasteiger charge is 2.22. The summed E-state index contributed by atoms with van der Waals surface area (Å²) in [7, 11) is -3.49. The molecule has 0 aliphatic heterocycles. The molecule has 0 spiro atoms. The fourth-order valence-corrected chi connectivity index (χ4v) is 3.12. The van der Waals surface area contributed by atoms with E-state index in [1.54, 1.807) is 0 Å². The van der Waals surface area contributed by atoms with Gasteiger partial charge in [0, 0.05) is 18.8 Å². The van der Waals surface area contributed by atoms with Gasteiger partial charge in [0.25, 0.3) is 0 Å². The van der Waals surface area contributed by atoms with E-state index in [1.165, 1.54) is 17.1 Å². The molecular weight excluding hydrogens is 252 g/mol. The molecule has 0 amide bonds. The molecule has 1 rings (SSSR count). The van der Waals surface area contributed by atoms with E-state index in [4.69, 9.17) is 5.73 Å². The number of hydrogen-bond acceptors (Lipinski definition) is 4. The summed E-state index contributed by atoms with van der Waals surface area (Å²) < 4.78 is 28.5. The fourth-order valence-electron chi connectivity index (χ4n) is 1.70. The van der Waals surface area contributed by atoms with Crippen molar-refractivity contribution in [2.75, 3.05) is 6.54 Å². The van der Waals surface area contributed by atoms with Crippen molar-refractivity contribution in [1.82, 2.24) is 14.5 Å². The van der Waals surface area contributed by atoms with Crippen LogP contribution in [0.1, 0.15) is 27.2 Å². The third kappa shape index (κ3) is 3.79. The first-order valence-electron chi connectivity index (χ1n) is 6.15. The maximum Gasteiger partial charge on any atom is 0.243 e. The predicted molar refractivity (Wildman–Crippen MR) is 70.5 cm³/mol. The maximum atomic E-state index is 12.1. The molecule has 1 aromatic heterocycles. The van der Waals surface area contributed by atoms with Crippen molar-refractivity contribution in [3.63, 3.8) is 0 Å². The molecule has 0 radical (unpaired) electrons. The van der Waals surface area contributed by atoms with Gasteiger partial charge >= 0.3 is 0 Å². The van der Waals surface area contributed by atoms with Gasteiger partial charge in [0.15, 0.2) is 0 Å². The first-order chi connectivity index (χ1) is 8.40. The van der Waals surface area contributed by atoms with E-state index in [9.17, 15) is 8.42 Å². The highest BCUT2D eigenvalue weighted by molar-refractivity contribution is 7.89. The molecule has 0 saturated heterocycles. The molecule has 0 aliphatic carbocycles. The molecule has 104 valence electrons. The van der Waals surface area contributed by atoms with E-state index in [2.05, 4.69) is 9.82 Å². The van der Waals surface area contributed by atoms with Gasteiger partial charge in [-0.05, 0) is 12.3 Å². The number of hydrogen-bond donors (Lipinski definition) is 2. The van der Waals surface area contributed by atoms with Crippen molar-refractivity contribution in [2.24, 2.45) is 11.7 Å². The quantitative estimate of drug-likeness (QED) is 0.760. The zero-order valence-electron chi connectivity index (χ0n) is 11.1. The molecular formula is C11H22N4O2S. The van der Waals surface area contributed by atoms with Gasteiger partial charge in [-0.15, -0.1) is 0 Å². The van der Waals surface area contributed by atoms with Crippen LogP contribution in [0.2, 0.25) is 0 Å². The second-order valence-electron chi connectivity index (χ2n) is 4.61. The van der Waals surface area contributed by atoms with Crippen LogP contribution >= 0.6 is 0 Å². The Labute approximate surface area is 109 Å². The molecule has 6 nitrogen and oxygen atoms in total. The van der Waals surface area contributed by atoms with Gasteiger partial charge in [0.05, 0.1) is 12.7 Å². The van der Waals surface area contributed by atoms with Crippen LogP contribution in [-0.4, -0.2) is 30.8 Å². The second-order valence-corrected chi connectivity index (χ2v) is 6.32. The van der Waals surface area contributed by atoms with Crippen molar-refractivity contribution in [1.29, 1.82) is 0 Å². The van der Waals surface area contributed by atoms with E-state index in [1.807, 2.05) is 20.8 Å². The lowest BCUT2D eigenvalue weighted by Gasteiger charge is -2.19. The molecule has 7 heteroatoms. The Morgan fingerprint density at radius 3 is 2.67 bits per heavy atom. The molecule has 3 N–H and O–H groups in total. The van der Waals surface area contributed by atoms with E-state index in [0.717, 1.165) is 6.42 Å². The number of nitrogens with zero attached hydrogens (tertiary/aromatic N) is 2. The normalized spacial score (nSPS) is 14.1. The van der Waals surface area contributed by atoms with Crippen molar-refractivity contribution < 1.29 is 8.42 Å². The van der Waals surface area contributed by atoms with Crippen LogP contribution < -0.4 is 10.5 Å². The Balaban J connectivity index is 2.85. The average molecular weight is 274 g/mol. The van der Waals surface area contributed by atoms with Crippen LogP contribution in [-0.2, 0) is 16.6 Å². The molecule has 1 heterocycles. The topological polar surface area (TPSA) is 90.0 Å². The summed E-state index contributed by atoms with van der Waals surface area (Å²) in [4.78, 5) is 0.190. The lowest BCUT2D eigenvalue weighted by molar-refractivity contribution is 0.437. The summed E-state index contributed by atoms with van der Waals surface area (Å²) >= 11 is 0. The van der Waals surface area contributed by atoms with Crippen LogP contribution in [0.3, 0.4) is 0 Å². The molecule has 0 aliphatic rings. The fraction of sp³-hybridized carbons (Fsp3) is 0.727. The smallest absolute Gasteiger partial charge is 0.243 e. The number of sulfonamides is 1. The van der Waals surface area contributed by atoms with Gasteiger partial charge in [-0.3, -0.25) is 4.68 Å². The number of aromatic nitrogens is 2. The lowest BCUT2D eigenvalue weighted by Crippen LogP contribution is -2.37. The molecule has 0 saturated carbocycles. The summed E-state index contributed by atoms with van der Waals surface area (Å²) in [5.41, 5.74) is 5.39. The van der Waals surface area contributed by atoms with Crippen LogP contribution in [0.4, 0.5) is 0 Å². The van der Waals surface area contributed by atoms with Crippen molar-refractivity contribution >= 4 is 10.0 Å². The monoisotopic (exact) mass is 274 g/mol. The SMILES string of the molecule is CCC(NS(=O)(=O)c1cnn(CCN)c1)C(C)C. The first-order valence-corrected chi connectivity index (χ1v) is 7.64.